The molecule has 1 heterocycles. The zero-order valence-corrected chi connectivity index (χ0v) is 5.68. The van der Waals surface area contributed by atoms with E-state index in [0.29, 0.717) is 0 Å². The molecule has 0 spiro atoms. The van der Waals surface area contributed by atoms with Gasteiger partial charge in [0.25, 0.3) is 0 Å². The fourth-order valence-corrected chi connectivity index (χ4v) is 0.646. The van der Waals surface area contributed by atoms with Gasteiger partial charge in [-0.15, -0.1) is 0 Å². The average molecular weight is 122 g/mol. The highest BCUT2D eigenvalue weighted by molar-refractivity contribution is 5.45. The first-order valence-electron chi connectivity index (χ1n) is 2.93. The Labute approximate surface area is 54.6 Å². The summed E-state index contributed by atoms with van der Waals surface area (Å²) >= 11 is 0. The Morgan fingerprint density at radius 2 is 2.44 bits per heavy atom. The van der Waals surface area contributed by atoms with Crippen LogP contribution in [0.15, 0.2) is 18.1 Å². The van der Waals surface area contributed by atoms with Crippen molar-refractivity contribution >= 4 is 6.08 Å². The quantitative estimate of drug-likeness (QED) is 0.604. The Morgan fingerprint density at radius 1 is 1.67 bits per heavy atom. The minimum Gasteiger partial charge on any atom is -0.351 e. The summed E-state index contributed by atoms with van der Waals surface area (Å²) in [6.45, 7) is 4.10. The summed E-state index contributed by atoms with van der Waals surface area (Å²) in [6.07, 6.45) is 5.57. The molecule has 0 aromatic carbocycles. The molecule has 2 nitrogen and oxygen atoms in total. The zero-order chi connectivity index (χ0) is 6.69. The summed E-state index contributed by atoms with van der Waals surface area (Å²) in [7, 11) is 0. The fraction of sp³-hybridized carbons (Fsp3) is 0.286. The Bertz CT molecular complexity index is 193. The minimum atomic E-state index is 0.995. The van der Waals surface area contributed by atoms with Gasteiger partial charge in [-0.3, -0.25) is 0 Å². The summed E-state index contributed by atoms with van der Waals surface area (Å²) < 4.78 is 0. The lowest BCUT2D eigenvalue weighted by atomic mass is 10.3. The number of nitrogens with zero attached hydrogens (tertiary/aromatic N) is 1. The van der Waals surface area contributed by atoms with Gasteiger partial charge in [-0.05, 0) is 19.9 Å². The highest BCUT2D eigenvalue weighted by Gasteiger charge is 1.85. The van der Waals surface area contributed by atoms with E-state index in [-0.39, 0.29) is 0 Å². The van der Waals surface area contributed by atoms with Crippen molar-refractivity contribution in [1.29, 1.82) is 0 Å². The Hall–Kier alpha value is -1.05. The number of aromatic amines is 1. The normalized spacial score (nSPS) is 9.11. The summed E-state index contributed by atoms with van der Waals surface area (Å²) in [5.41, 5.74) is 2.26. The molecule has 1 N–H and O–H groups in total. The molecule has 0 saturated carbocycles. The van der Waals surface area contributed by atoms with Crippen LogP contribution in [0.4, 0.5) is 0 Å². The van der Waals surface area contributed by atoms with Crippen LogP contribution in [0, 0.1) is 0 Å². The van der Waals surface area contributed by atoms with Crippen molar-refractivity contribution in [2.75, 3.05) is 0 Å². The maximum Gasteiger partial charge on any atom is 0.0927 e. The molecule has 0 aliphatic rings. The van der Waals surface area contributed by atoms with Crippen molar-refractivity contribution in [2.45, 2.75) is 13.8 Å². The molecule has 0 amide bonds. The lowest BCUT2D eigenvalue weighted by Crippen LogP contribution is -1.68. The maximum absolute atomic E-state index is 4.02. The molecule has 0 bridgehead atoms. The van der Waals surface area contributed by atoms with Gasteiger partial charge in [0.1, 0.15) is 0 Å². The van der Waals surface area contributed by atoms with Gasteiger partial charge in [-0.2, -0.15) is 0 Å². The number of allylic oxidation sites excluding steroid dienone is 1. The van der Waals surface area contributed by atoms with E-state index in [1.165, 1.54) is 5.57 Å². The predicted octanol–water partition coefficient (Wildman–Crippen LogP) is 1.83. The van der Waals surface area contributed by atoms with Gasteiger partial charge in [-0.1, -0.05) is 5.57 Å². The standard InChI is InChI=1S/C7H10N2/c1-6(2)3-7-4-8-5-9-7/h3-5H,1-2H3,(H,8,9). The molecule has 0 aliphatic heterocycles. The smallest absolute Gasteiger partial charge is 0.0927 e. The van der Waals surface area contributed by atoms with Gasteiger partial charge in [0.05, 0.1) is 12.0 Å². The zero-order valence-electron chi connectivity index (χ0n) is 5.68. The Balaban J connectivity index is 2.80. The maximum atomic E-state index is 4.02. The van der Waals surface area contributed by atoms with Crippen LogP contribution < -0.4 is 0 Å². The summed E-state index contributed by atoms with van der Waals surface area (Å²) in [4.78, 5) is 6.90. The van der Waals surface area contributed by atoms with Crippen LogP contribution in [-0.2, 0) is 0 Å². The van der Waals surface area contributed by atoms with Gasteiger partial charge in [-0.25, -0.2) is 4.98 Å². The molecule has 2 heteroatoms. The van der Waals surface area contributed by atoms with E-state index in [4.69, 9.17) is 0 Å². The molecule has 9 heavy (non-hydrogen) atoms. The van der Waals surface area contributed by atoms with Crippen LogP contribution in [0.5, 0.6) is 0 Å². The highest BCUT2D eigenvalue weighted by atomic mass is 14.8. The minimum absolute atomic E-state index is 0.995. The fourth-order valence-electron chi connectivity index (χ4n) is 0.646. The van der Waals surface area contributed by atoms with Gasteiger partial charge >= 0.3 is 0 Å². The van der Waals surface area contributed by atoms with Gasteiger partial charge in [0, 0.05) is 6.20 Å². The average Bonchev–Trinajstić information content (AvgIpc) is 2.15. The largest absolute Gasteiger partial charge is 0.351 e. The molecule has 48 valence electrons. The second-order valence-corrected chi connectivity index (χ2v) is 2.22. The van der Waals surface area contributed by atoms with Gasteiger partial charge in [0.2, 0.25) is 0 Å². The summed E-state index contributed by atoms with van der Waals surface area (Å²) in [5.74, 6) is 0. The number of aromatic nitrogens is 2. The first-order chi connectivity index (χ1) is 4.29. The van der Waals surface area contributed by atoms with Crippen molar-refractivity contribution in [2.24, 2.45) is 0 Å². The molecule has 1 aromatic heterocycles. The SMILES string of the molecule is CC(C)=Cc1c[nH]cn1. The molecular weight excluding hydrogens is 112 g/mol. The molecule has 0 saturated heterocycles. The molecular formula is C7H10N2. The van der Waals surface area contributed by atoms with Crippen LogP contribution in [-0.4, -0.2) is 9.97 Å². The van der Waals surface area contributed by atoms with Crippen molar-refractivity contribution in [3.8, 4) is 0 Å². The number of H-pyrrole nitrogens is 1. The summed E-state index contributed by atoms with van der Waals surface area (Å²) in [6, 6.07) is 0. The third kappa shape index (κ3) is 1.72. The topological polar surface area (TPSA) is 28.7 Å². The predicted molar refractivity (Wildman–Crippen MR) is 37.9 cm³/mol. The summed E-state index contributed by atoms with van der Waals surface area (Å²) in [5, 5.41) is 0. The third-order valence-corrected chi connectivity index (χ3v) is 0.956. The molecule has 0 aliphatic carbocycles. The Kier molecular flexibility index (Phi) is 1.68. The van der Waals surface area contributed by atoms with Gasteiger partial charge in [0.15, 0.2) is 0 Å². The lowest BCUT2D eigenvalue weighted by Gasteiger charge is -1.83. The molecule has 0 fully saturated rings. The Morgan fingerprint density at radius 3 is 2.89 bits per heavy atom. The van der Waals surface area contributed by atoms with Crippen molar-refractivity contribution in [3.63, 3.8) is 0 Å². The van der Waals surface area contributed by atoms with E-state index in [0.717, 1.165) is 5.69 Å². The number of nitrogens with one attached hydrogen (secondary N) is 1. The van der Waals surface area contributed by atoms with Crippen LogP contribution >= 0.6 is 0 Å². The van der Waals surface area contributed by atoms with Crippen LogP contribution in [0.25, 0.3) is 6.08 Å². The number of imidazole rings is 1. The van der Waals surface area contributed by atoms with Crippen molar-refractivity contribution < 1.29 is 0 Å². The van der Waals surface area contributed by atoms with E-state index in [2.05, 4.69) is 23.8 Å². The van der Waals surface area contributed by atoms with Crippen LogP contribution in [0.2, 0.25) is 0 Å². The highest BCUT2D eigenvalue weighted by Crippen LogP contribution is 1.99. The van der Waals surface area contributed by atoms with E-state index in [1.807, 2.05) is 12.3 Å². The monoisotopic (exact) mass is 122 g/mol. The van der Waals surface area contributed by atoms with E-state index >= 15 is 0 Å². The number of hydrogen-bond acceptors (Lipinski definition) is 1. The van der Waals surface area contributed by atoms with E-state index in [9.17, 15) is 0 Å². The van der Waals surface area contributed by atoms with Crippen LogP contribution in [0.1, 0.15) is 19.5 Å². The van der Waals surface area contributed by atoms with Crippen molar-refractivity contribution in [1.82, 2.24) is 9.97 Å². The number of rotatable bonds is 1. The van der Waals surface area contributed by atoms with E-state index < -0.39 is 0 Å². The lowest BCUT2D eigenvalue weighted by molar-refractivity contribution is 1.30. The molecule has 0 radical (unpaired) electrons. The first kappa shape index (κ1) is 6.08. The molecule has 0 unspecified atom stereocenters. The molecule has 1 aromatic rings. The third-order valence-electron chi connectivity index (χ3n) is 0.956. The van der Waals surface area contributed by atoms with Crippen LogP contribution in [0.3, 0.4) is 0 Å². The second kappa shape index (κ2) is 2.49. The second-order valence-electron chi connectivity index (χ2n) is 2.22. The first-order valence-corrected chi connectivity index (χ1v) is 2.93. The molecule has 0 atom stereocenters. The van der Waals surface area contributed by atoms with Crippen molar-refractivity contribution in [3.05, 3.63) is 23.8 Å². The van der Waals surface area contributed by atoms with E-state index in [1.54, 1.807) is 6.33 Å². The molecule has 1 rings (SSSR count). The van der Waals surface area contributed by atoms with Gasteiger partial charge < -0.3 is 4.98 Å². The number of hydrogen-bond donors (Lipinski definition) is 1.